The number of para-hydroxylation sites is 1. The molecule has 2 aromatic carbocycles. The van der Waals surface area contributed by atoms with Gasteiger partial charge in [0.2, 0.25) is 0 Å². The Morgan fingerprint density at radius 1 is 1.14 bits per heavy atom. The van der Waals surface area contributed by atoms with Gasteiger partial charge in [0.05, 0.1) is 28.5 Å². The van der Waals surface area contributed by atoms with Gasteiger partial charge in [0.1, 0.15) is 0 Å². The van der Waals surface area contributed by atoms with Crippen molar-refractivity contribution in [1.29, 1.82) is 0 Å². The van der Waals surface area contributed by atoms with Gasteiger partial charge in [-0.3, -0.25) is 19.5 Å². The van der Waals surface area contributed by atoms with Crippen LogP contribution in [0.2, 0.25) is 5.02 Å². The minimum atomic E-state index is -4.16. The molecule has 1 aromatic heterocycles. The maximum absolute atomic E-state index is 12.8. The van der Waals surface area contributed by atoms with Crippen molar-refractivity contribution in [3.05, 3.63) is 80.6 Å². The Morgan fingerprint density at radius 3 is 2.43 bits per heavy atom. The largest absolute Gasteiger partial charge is 0.289 e. The number of sulfonamides is 1. The van der Waals surface area contributed by atoms with Gasteiger partial charge in [-0.1, -0.05) is 35.9 Å². The molecule has 0 bridgehead atoms. The van der Waals surface area contributed by atoms with Gasteiger partial charge in [0, 0.05) is 11.1 Å². The van der Waals surface area contributed by atoms with Crippen LogP contribution in [0.5, 0.6) is 0 Å². The van der Waals surface area contributed by atoms with Gasteiger partial charge in [-0.25, -0.2) is 8.42 Å². The molecule has 0 saturated carbocycles. The third-order valence-electron chi connectivity index (χ3n) is 4.21. The number of halogens is 1. The van der Waals surface area contributed by atoms with E-state index in [1.54, 1.807) is 30.7 Å². The van der Waals surface area contributed by atoms with Gasteiger partial charge in [-0.05, 0) is 37.6 Å². The molecule has 3 aromatic rings. The average molecular weight is 421 g/mol. The zero-order valence-electron chi connectivity index (χ0n) is 15.1. The van der Waals surface area contributed by atoms with Gasteiger partial charge in [-0.2, -0.15) is 5.10 Å². The number of hydrogen-bond acceptors (Lipinski definition) is 5. The molecule has 0 aliphatic carbocycles. The summed E-state index contributed by atoms with van der Waals surface area (Å²) in [5, 5.41) is 16.2. The fourth-order valence-corrected chi connectivity index (χ4v) is 4.26. The van der Waals surface area contributed by atoms with Crippen molar-refractivity contribution in [2.45, 2.75) is 25.3 Å². The number of aryl methyl sites for hydroxylation is 1. The lowest BCUT2D eigenvalue weighted by Gasteiger charge is -2.09. The summed E-state index contributed by atoms with van der Waals surface area (Å²) in [4.78, 5) is 10.1. The minimum absolute atomic E-state index is 0.298. The number of nitrogens with zero attached hydrogens (tertiary/aromatic N) is 3. The maximum Gasteiger partial charge on any atom is 0.289 e. The summed E-state index contributed by atoms with van der Waals surface area (Å²) in [6.07, 6.45) is 0. The van der Waals surface area contributed by atoms with E-state index in [4.69, 9.17) is 11.6 Å². The molecular formula is C18H17ClN4O4S. The van der Waals surface area contributed by atoms with E-state index in [-0.39, 0.29) is 0 Å². The molecule has 0 atom stereocenters. The fourth-order valence-electron chi connectivity index (χ4n) is 2.79. The van der Waals surface area contributed by atoms with E-state index in [2.05, 4.69) is 9.82 Å². The summed E-state index contributed by atoms with van der Waals surface area (Å²) in [5.74, 6) is 0. The number of nitro benzene ring substituents is 1. The van der Waals surface area contributed by atoms with Crippen LogP contribution >= 0.6 is 11.6 Å². The zero-order chi connectivity index (χ0) is 20.5. The quantitative estimate of drug-likeness (QED) is 0.480. The first-order valence-corrected chi connectivity index (χ1v) is 10.1. The van der Waals surface area contributed by atoms with Crippen LogP contribution in [0.25, 0.3) is 0 Å². The summed E-state index contributed by atoms with van der Waals surface area (Å²) in [7, 11) is -4.16. The molecule has 0 saturated heterocycles. The fraction of sp³-hybridized carbons (Fsp3) is 0.167. The summed E-state index contributed by atoms with van der Waals surface area (Å²) in [5.41, 5.74) is 1.82. The molecule has 0 aliphatic rings. The summed E-state index contributed by atoms with van der Waals surface area (Å²) in [6, 6.07) is 12.4. The molecule has 1 N–H and O–H groups in total. The van der Waals surface area contributed by atoms with Gasteiger partial charge in [0.25, 0.3) is 15.7 Å². The third kappa shape index (κ3) is 4.00. The van der Waals surface area contributed by atoms with Gasteiger partial charge in [-0.15, -0.1) is 0 Å². The van der Waals surface area contributed by atoms with Crippen LogP contribution in [0.4, 0.5) is 11.4 Å². The Labute approximate surface area is 167 Å². The first-order chi connectivity index (χ1) is 13.2. The monoisotopic (exact) mass is 420 g/mol. The van der Waals surface area contributed by atoms with Crippen molar-refractivity contribution in [3.8, 4) is 0 Å². The van der Waals surface area contributed by atoms with Gasteiger partial charge >= 0.3 is 0 Å². The predicted octanol–water partition coefficient (Wildman–Crippen LogP) is 3.91. The Bertz CT molecular complexity index is 1140. The smallest absolute Gasteiger partial charge is 0.276 e. The Hall–Kier alpha value is -2.91. The molecule has 1 heterocycles. The van der Waals surface area contributed by atoms with E-state index in [1.165, 1.54) is 18.2 Å². The number of rotatable bonds is 6. The summed E-state index contributed by atoms with van der Waals surface area (Å²) < 4.78 is 29.6. The van der Waals surface area contributed by atoms with E-state index in [9.17, 15) is 18.5 Å². The second-order valence-electron chi connectivity index (χ2n) is 6.16. The van der Waals surface area contributed by atoms with E-state index < -0.39 is 25.5 Å². The van der Waals surface area contributed by atoms with Crippen molar-refractivity contribution in [2.24, 2.45) is 0 Å². The molecule has 0 aliphatic heterocycles. The van der Waals surface area contributed by atoms with Gasteiger partial charge in [0.15, 0.2) is 4.90 Å². The van der Waals surface area contributed by atoms with E-state index >= 15 is 0 Å². The number of aromatic nitrogens is 2. The lowest BCUT2D eigenvalue weighted by molar-refractivity contribution is -0.387. The highest BCUT2D eigenvalue weighted by Gasteiger charge is 2.27. The molecule has 0 unspecified atom stereocenters. The zero-order valence-corrected chi connectivity index (χ0v) is 16.7. The van der Waals surface area contributed by atoms with Crippen molar-refractivity contribution in [3.63, 3.8) is 0 Å². The Kier molecular flexibility index (Phi) is 5.39. The van der Waals surface area contributed by atoms with Crippen LogP contribution in [0.1, 0.15) is 17.0 Å². The van der Waals surface area contributed by atoms with Crippen LogP contribution in [-0.2, 0) is 16.6 Å². The highest BCUT2D eigenvalue weighted by molar-refractivity contribution is 7.92. The number of benzene rings is 2. The van der Waals surface area contributed by atoms with Crippen molar-refractivity contribution in [1.82, 2.24) is 9.78 Å². The van der Waals surface area contributed by atoms with Crippen molar-refractivity contribution >= 4 is 33.0 Å². The molecular weight excluding hydrogens is 404 g/mol. The second-order valence-corrected chi connectivity index (χ2v) is 8.25. The standard InChI is InChI=1S/C18H17ClN4O4S/c1-12-18(13(2)22(20-12)11-14-7-9-15(19)10-8-14)21-28(26,27)17-6-4-3-5-16(17)23(24)25/h3-10,21H,11H2,1-2H3. The molecule has 0 amide bonds. The minimum Gasteiger partial charge on any atom is -0.276 e. The van der Waals surface area contributed by atoms with E-state index in [1.807, 2.05) is 12.1 Å². The van der Waals surface area contributed by atoms with Crippen LogP contribution in [0, 0.1) is 24.0 Å². The third-order valence-corrected chi connectivity index (χ3v) is 5.86. The first-order valence-electron chi connectivity index (χ1n) is 8.24. The van der Waals surface area contributed by atoms with E-state index in [0.29, 0.717) is 28.6 Å². The molecule has 28 heavy (non-hydrogen) atoms. The lowest BCUT2D eigenvalue weighted by atomic mass is 10.2. The SMILES string of the molecule is Cc1nn(Cc2ccc(Cl)cc2)c(C)c1NS(=O)(=O)c1ccccc1[N+](=O)[O-]. The Morgan fingerprint density at radius 2 is 1.79 bits per heavy atom. The summed E-state index contributed by atoms with van der Waals surface area (Å²) >= 11 is 5.89. The van der Waals surface area contributed by atoms with Crippen LogP contribution in [0.3, 0.4) is 0 Å². The molecule has 8 nitrogen and oxygen atoms in total. The van der Waals surface area contributed by atoms with Crippen LogP contribution < -0.4 is 4.72 Å². The maximum atomic E-state index is 12.8. The highest BCUT2D eigenvalue weighted by atomic mass is 35.5. The highest BCUT2D eigenvalue weighted by Crippen LogP contribution is 2.28. The normalized spacial score (nSPS) is 11.4. The first kappa shape index (κ1) is 19.8. The second kappa shape index (κ2) is 7.61. The predicted molar refractivity (Wildman–Crippen MR) is 106 cm³/mol. The molecule has 10 heteroatoms. The molecule has 146 valence electrons. The van der Waals surface area contributed by atoms with Crippen LogP contribution in [0.15, 0.2) is 53.4 Å². The van der Waals surface area contributed by atoms with Gasteiger partial charge < -0.3 is 0 Å². The molecule has 0 spiro atoms. The topological polar surface area (TPSA) is 107 Å². The number of nitrogens with one attached hydrogen (secondary N) is 1. The number of anilines is 1. The van der Waals surface area contributed by atoms with Crippen molar-refractivity contribution < 1.29 is 13.3 Å². The van der Waals surface area contributed by atoms with Crippen LogP contribution in [-0.4, -0.2) is 23.1 Å². The summed E-state index contributed by atoms with van der Waals surface area (Å²) in [6.45, 7) is 3.83. The molecule has 0 fully saturated rings. The number of hydrogen-bond donors (Lipinski definition) is 1. The Balaban J connectivity index is 1.94. The van der Waals surface area contributed by atoms with E-state index in [0.717, 1.165) is 11.6 Å². The lowest BCUT2D eigenvalue weighted by Crippen LogP contribution is -2.16. The van der Waals surface area contributed by atoms with Crippen molar-refractivity contribution in [2.75, 3.05) is 4.72 Å². The average Bonchev–Trinajstić information content (AvgIpc) is 2.90. The number of nitro groups is 1. The molecule has 3 rings (SSSR count). The molecule has 0 radical (unpaired) electrons.